The summed E-state index contributed by atoms with van der Waals surface area (Å²) in [6.45, 7) is 1.89. The van der Waals surface area contributed by atoms with E-state index < -0.39 is 9.84 Å². The lowest BCUT2D eigenvalue weighted by Crippen LogP contribution is -2.06. The highest BCUT2D eigenvalue weighted by Gasteiger charge is 2.20. The molecule has 0 spiro atoms. The van der Waals surface area contributed by atoms with Crippen molar-refractivity contribution in [2.75, 3.05) is 0 Å². The molecule has 1 aromatic heterocycles. The monoisotopic (exact) mass is 348 g/mol. The molecule has 0 N–H and O–H groups in total. The number of hydrogen-bond donors (Lipinski definition) is 0. The Morgan fingerprint density at radius 1 is 1.09 bits per heavy atom. The summed E-state index contributed by atoms with van der Waals surface area (Å²) in [4.78, 5) is 4.36. The zero-order chi connectivity index (χ0) is 16.4. The molecular weight excluding hydrogens is 336 g/mol. The van der Waals surface area contributed by atoms with Crippen molar-refractivity contribution < 1.29 is 12.9 Å². The maximum absolute atomic E-state index is 12.4. The molecule has 0 atom stereocenters. The molecule has 0 bridgehead atoms. The van der Waals surface area contributed by atoms with Gasteiger partial charge in [0.2, 0.25) is 0 Å². The SMILES string of the molecule is Cc1ccc(S(=O)(=O)Cc2noc(-c3ccccc3Cl)n2)cc1. The van der Waals surface area contributed by atoms with E-state index in [4.69, 9.17) is 16.1 Å². The fourth-order valence-corrected chi connectivity index (χ4v) is 3.45. The van der Waals surface area contributed by atoms with Crippen molar-refractivity contribution in [3.05, 3.63) is 64.9 Å². The molecule has 1 heterocycles. The summed E-state index contributed by atoms with van der Waals surface area (Å²) < 4.78 is 29.9. The number of rotatable bonds is 4. The van der Waals surface area contributed by atoms with Crippen molar-refractivity contribution in [1.82, 2.24) is 10.1 Å². The van der Waals surface area contributed by atoms with E-state index in [0.29, 0.717) is 10.6 Å². The van der Waals surface area contributed by atoms with Crippen molar-refractivity contribution in [3.8, 4) is 11.5 Å². The van der Waals surface area contributed by atoms with Gasteiger partial charge in [0.05, 0.1) is 15.5 Å². The number of sulfone groups is 1. The molecule has 0 radical (unpaired) electrons. The molecule has 0 aliphatic heterocycles. The van der Waals surface area contributed by atoms with Crippen LogP contribution in [-0.2, 0) is 15.6 Å². The molecule has 3 aromatic rings. The van der Waals surface area contributed by atoms with Crippen LogP contribution in [0, 0.1) is 6.92 Å². The molecule has 0 aliphatic carbocycles. The van der Waals surface area contributed by atoms with Gasteiger partial charge in [-0.05, 0) is 31.2 Å². The third-order valence-electron chi connectivity index (χ3n) is 3.27. The van der Waals surface area contributed by atoms with E-state index >= 15 is 0 Å². The third-order valence-corrected chi connectivity index (χ3v) is 5.23. The molecule has 0 aliphatic rings. The second-order valence-corrected chi connectivity index (χ2v) is 7.46. The lowest BCUT2D eigenvalue weighted by molar-refractivity contribution is 0.424. The molecule has 0 saturated heterocycles. The molecule has 3 rings (SSSR count). The van der Waals surface area contributed by atoms with Gasteiger partial charge in [0.15, 0.2) is 15.7 Å². The maximum Gasteiger partial charge on any atom is 0.259 e. The van der Waals surface area contributed by atoms with Crippen LogP contribution in [0.25, 0.3) is 11.5 Å². The predicted molar refractivity (Wildman–Crippen MR) is 86.8 cm³/mol. The maximum atomic E-state index is 12.4. The highest BCUT2D eigenvalue weighted by atomic mass is 35.5. The second kappa shape index (κ2) is 6.14. The highest BCUT2D eigenvalue weighted by Crippen LogP contribution is 2.26. The van der Waals surface area contributed by atoms with E-state index in [1.807, 2.05) is 6.92 Å². The normalized spacial score (nSPS) is 11.6. The van der Waals surface area contributed by atoms with E-state index in [-0.39, 0.29) is 22.4 Å². The average molecular weight is 349 g/mol. The van der Waals surface area contributed by atoms with Crippen molar-refractivity contribution >= 4 is 21.4 Å². The Kier molecular flexibility index (Phi) is 4.19. The third kappa shape index (κ3) is 3.43. The van der Waals surface area contributed by atoms with Crippen LogP contribution in [0.5, 0.6) is 0 Å². The van der Waals surface area contributed by atoms with Crippen molar-refractivity contribution in [3.63, 3.8) is 0 Å². The van der Waals surface area contributed by atoms with E-state index in [9.17, 15) is 8.42 Å². The van der Waals surface area contributed by atoms with E-state index in [0.717, 1.165) is 5.56 Å². The molecule has 118 valence electrons. The summed E-state index contributed by atoms with van der Waals surface area (Å²) in [5.74, 6) is -0.0329. The lowest BCUT2D eigenvalue weighted by atomic mass is 10.2. The first-order valence-corrected chi connectivity index (χ1v) is 8.86. The Balaban J connectivity index is 1.87. The van der Waals surface area contributed by atoms with Gasteiger partial charge in [0, 0.05) is 0 Å². The zero-order valence-corrected chi connectivity index (χ0v) is 13.8. The molecule has 0 unspecified atom stereocenters. The number of benzene rings is 2. The number of nitrogens with zero attached hydrogens (tertiary/aromatic N) is 2. The van der Waals surface area contributed by atoms with Gasteiger partial charge in [-0.15, -0.1) is 0 Å². The van der Waals surface area contributed by atoms with Gasteiger partial charge in [-0.25, -0.2) is 8.42 Å². The molecular formula is C16H13ClN2O3S. The Morgan fingerprint density at radius 3 is 2.48 bits per heavy atom. The van der Waals surface area contributed by atoms with E-state index in [1.165, 1.54) is 0 Å². The summed E-state index contributed by atoms with van der Waals surface area (Å²) in [6.07, 6.45) is 0. The minimum Gasteiger partial charge on any atom is -0.334 e. The first-order valence-electron chi connectivity index (χ1n) is 6.82. The van der Waals surface area contributed by atoms with E-state index in [1.54, 1.807) is 48.5 Å². The number of aryl methyl sites for hydroxylation is 1. The number of hydrogen-bond acceptors (Lipinski definition) is 5. The average Bonchev–Trinajstić information content (AvgIpc) is 2.95. The van der Waals surface area contributed by atoms with Crippen LogP contribution >= 0.6 is 11.6 Å². The minimum absolute atomic E-state index is 0.0977. The van der Waals surface area contributed by atoms with Crippen LogP contribution in [0.4, 0.5) is 0 Å². The molecule has 0 saturated carbocycles. The Morgan fingerprint density at radius 2 is 1.78 bits per heavy atom. The van der Waals surface area contributed by atoms with E-state index in [2.05, 4.69) is 10.1 Å². The van der Waals surface area contributed by atoms with Crippen LogP contribution in [0.1, 0.15) is 11.4 Å². The fourth-order valence-electron chi connectivity index (χ4n) is 2.06. The fraction of sp³-hybridized carbons (Fsp3) is 0.125. The Bertz CT molecular complexity index is 934. The highest BCUT2D eigenvalue weighted by molar-refractivity contribution is 7.90. The first kappa shape index (κ1) is 15.7. The van der Waals surface area contributed by atoms with Gasteiger partial charge in [-0.3, -0.25) is 0 Å². The van der Waals surface area contributed by atoms with Crippen LogP contribution in [0.15, 0.2) is 57.9 Å². The van der Waals surface area contributed by atoms with Gasteiger partial charge in [-0.2, -0.15) is 4.98 Å². The first-order chi connectivity index (χ1) is 11.0. The Labute approximate surface area is 138 Å². The quantitative estimate of drug-likeness (QED) is 0.719. The van der Waals surface area contributed by atoms with Gasteiger partial charge < -0.3 is 4.52 Å². The van der Waals surface area contributed by atoms with Crippen molar-refractivity contribution in [1.29, 1.82) is 0 Å². The molecule has 5 nitrogen and oxygen atoms in total. The summed E-state index contributed by atoms with van der Waals surface area (Å²) in [7, 11) is -3.53. The smallest absolute Gasteiger partial charge is 0.259 e. The molecule has 0 fully saturated rings. The van der Waals surface area contributed by atoms with Crippen LogP contribution in [0.2, 0.25) is 5.02 Å². The Hall–Kier alpha value is -2.18. The lowest BCUT2D eigenvalue weighted by Gasteiger charge is -2.01. The van der Waals surface area contributed by atoms with Gasteiger partial charge in [0.1, 0.15) is 5.75 Å². The van der Waals surface area contributed by atoms with Crippen molar-refractivity contribution in [2.24, 2.45) is 0 Å². The van der Waals surface area contributed by atoms with Crippen LogP contribution in [-0.4, -0.2) is 18.6 Å². The molecule has 2 aromatic carbocycles. The summed E-state index contributed by atoms with van der Waals surface area (Å²) >= 11 is 6.07. The zero-order valence-electron chi connectivity index (χ0n) is 12.2. The minimum atomic E-state index is -3.53. The summed E-state index contributed by atoms with van der Waals surface area (Å²) in [5, 5.41) is 4.20. The van der Waals surface area contributed by atoms with Gasteiger partial charge in [-0.1, -0.05) is 46.6 Å². The molecule has 0 amide bonds. The van der Waals surface area contributed by atoms with Crippen LogP contribution in [0.3, 0.4) is 0 Å². The number of aromatic nitrogens is 2. The van der Waals surface area contributed by atoms with Crippen molar-refractivity contribution in [2.45, 2.75) is 17.6 Å². The largest absolute Gasteiger partial charge is 0.334 e. The molecule has 7 heteroatoms. The molecule has 23 heavy (non-hydrogen) atoms. The van der Waals surface area contributed by atoms with Gasteiger partial charge >= 0.3 is 0 Å². The standard InChI is InChI=1S/C16H13ClN2O3S/c1-11-6-8-12(9-7-11)23(20,21)10-15-18-16(22-19-15)13-4-2-3-5-14(13)17/h2-9H,10H2,1H3. The van der Waals surface area contributed by atoms with Crippen LogP contribution < -0.4 is 0 Å². The number of halogens is 1. The second-order valence-electron chi connectivity index (χ2n) is 5.07. The van der Waals surface area contributed by atoms with Gasteiger partial charge in [0.25, 0.3) is 5.89 Å². The summed E-state index contributed by atoms with van der Waals surface area (Å²) in [5.41, 5.74) is 1.56. The summed E-state index contributed by atoms with van der Waals surface area (Å²) in [6, 6.07) is 13.6. The topological polar surface area (TPSA) is 73.1 Å². The predicted octanol–water partition coefficient (Wildman–Crippen LogP) is 3.67.